The summed E-state index contributed by atoms with van der Waals surface area (Å²) < 4.78 is 2.18. The Balaban J connectivity index is 1.38. The van der Waals surface area contributed by atoms with Crippen molar-refractivity contribution in [2.45, 2.75) is 64.6 Å². The third-order valence-electron chi connectivity index (χ3n) is 7.10. The summed E-state index contributed by atoms with van der Waals surface area (Å²) in [6.45, 7) is 4.21. The standard InChI is InChI=1S/C25H27ClN6S2/c1-15-29-30-21-13-27-23(17-9-5-6-10-19(17)26)22-18-11-12-31(14-20(18)34-24(22)32(15)21)25(33)28-16-7-3-2-4-8-16/h5-6,9-10,16H,2-4,7-8,11-14H2,1H3,(H,28,33). The summed E-state index contributed by atoms with van der Waals surface area (Å²) in [5.41, 5.74) is 4.47. The Morgan fingerprint density at radius 2 is 2.00 bits per heavy atom. The molecule has 3 aliphatic rings. The van der Waals surface area contributed by atoms with E-state index in [4.69, 9.17) is 28.8 Å². The largest absolute Gasteiger partial charge is 0.360 e. The number of aryl methyl sites for hydroxylation is 1. The summed E-state index contributed by atoms with van der Waals surface area (Å²) in [6.07, 6.45) is 7.31. The van der Waals surface area contributed by atoms with Crippen molar-refractivity contribution in [1.82, 2.24) is 25.0 Å². The number of aliphatic imine (C=N–C) groups is 1. The van der Waals surface area contributed by atoms with Gasteiger partial charge < -0.3 is 10.2 Å². The summed E-state index contributed by atoms with van der Waals surface area (Å²) in [7, 11) is 0. The van der Waals surface area contributed by atoms with Crippen LogP contribution in [0.25, 0.3) is 5.00 Å². The zero-order valence-corrected chi connectivity index (χ0v) is 21.6. The minimum atomic E-state index is 0.485. The summed E-state index contributed by atoms with van der Waals surface area (Å²) in [6, 6.07) is 8.50. The Bertz CT molecular complexity index is 1290. The van der Waals surface area contributed by atoms with Crippen molar-refractivity contribution in [2.75, 3.05) is 6.54 Å². The van der Waals surface area contributed by atoms with Gasteiger partial charge in [0.05, 0.1) is 12.3 Å². The zero-order chi connectivity index (χ0) is 23.2. The fraction of sp³-hybridized carbons (Fsp3) is 0.440. The van der Waals surface area contributed by atoms with Crippen LogP contribution in [-0.2, 0) is 19.5 Å². The van der Waals surface area contributed by atoms with Gasteiger partial charge in [0, 0.05) is 33.6 Å². The molecule has 0 atom stereocenters. The van der Waals surface area contributed by atoms with Gasteiger partial charge in [0.1, 0.15) is 17.4 Å². The number of nitrogens with one attached hydrogen (secondary N) is 1. The van der Waals surface area contributed by atoms with E-state index in [1.165, 1.54) is 48.1 Å². The van der Waals surface area contributed by atoms with Crippen molar-refractivity contribution >= 4 is 46.0 Å². The molecule has 1 N–H and O–H groups in total. The van der Waals surface area contributed by atoms with Crippen LogP contribution in [0.1, 0.15) is 65.3 Å². The molecule has 1 aromatic carbocycles. The van der Waals surface area contributed by atoms with Gasteiger partial charge in [0.15, 0.2) is 10.9 Å². The topological polar surface area (TPSA) is 58.3 Å². The number of fused-ring (bicyclic) bond motifs is 5. The molecule has 0 amide bonds. The van der Waals surface area contributed by atoms with Crippen LogP contribution < -0.4 is 5.32 Å². The Morgan fingerprint density at radius 1 is 1.18 bits per heavy atom. The van der Waals surface area contributed by atoms with Crippen LogP contribution >= 0.6 is 35.2 Å². The lowest BCUT2D eigenvalue weighted by Gasteiger charge is -2.33. The molecule has 3 aromatic rings. The molecular formula is C25H27ClN6S2. The molecule has 176 valence electrons. The number of halogens is 1. The van der Waals surface area contributed by atoms with Gasteiger partial charge >= 0.3 is 0 Å². The molecule has 2 aliphatic heterocycles. The monoisotopic (exact) mass is 510 g/mol. The van der Waals surface area contributed by atoms with Gasteiger partial charge in [-0.15, -0.1) is 21.5 Å². The number of rotatable bonds is 2. The first-order valence-electron chi connectivity index (χ1n) is 12.0. The van der Waals surface area contributed by atoms with E-state index in [1.54, 1.807) is 0 Å². The van der Waals surface area contributed by atoms with E-state index >= 15 is 0 Å². The number of thiocarbonyl (C=S) groups is 1. The number of benzene rings is 1. The number of hydrogen-bond acceptors (Lipinski definition) is 5. The summed E-state index contributed by atoms with van der Waals surface area (Å²) >= 11 is 14.3. The second kappa shape index (κ2) is 9.06. The molecular weight excluding hydrogens is 484 g/mol. The van der Waals surface area contributed by atoms with Gasteiger partial charge in [-0.2, -0.15) is 0 Å². The molecule has 2 aromatic heterocycles. The molecule has 0 spiro atoms. The maximum Gasteiger partial charge on any atom is 0.169 e. The Labute approximate surface area is 214 Å². The van der Waals surface area contributed by atoms with Gasteiger partial charge in [-0.3, -0.25) is 9.56 Å². The zero-order valence-electron chi connectivity index (χ0n) is 19.2. The third kappa shape index (κ3) is 3.85. The molecule has 1 fully saturated rings. The SMILES string of the molecule is Cc1nnc2n1-c1sc3c(c1C(c1ccccc1Cl)=NC2)CCN(C(=S)NC1CCCCC1)C3. The molecule has 0 saturated heterocycles. The van der Waals surface area contributed by atoms with Gasteiger partial charge in [-0.25, -0.2) is 0 Å². The predicted octanol–water partition coefficient (Wildman–Crippen LogP) is 5.21. The second-order valence-electron chi connectivity index (χ2n) is 9.28. The summed E-state index contributed by atoms with van der Waals surface area (Å²) in [4.78, 5) is 8.69. The second-order valence-corrected chi connectivity index (χ2v) is 11.2. The van der Waals surface area contributed by atoms with E-state index in [-0.39, 0.29) is 0 Å². The predicted molar refractivity (Wildman–Crippen MR) is 141 cm³/mol. The van der Waals surface area contributed by atoms with Crippen LogP contribution in [0.5, 0.6) is 0 Å². The van der Waals surface area contributed by atoms with Gasteiger partial charge in [-0.1, -0.05) is 49.1 Å². The molecule has 4 heterocycles. The van der Waals surface area contributed by atoms with E-state index in [0.29, 0.717) is 12.6 Å². The molecule has 0 bridgehead atoms. The highest BCUT2D eigenvalue weighted by molar-refractivity contribution is 7.80. The van der Waals surface area contributed by atoms with E-state index in [0.717, 1.165) is 57.6 Å². The third-order valence-corrected chi connectivity index (χ3v) is 9.01. The molecule has 0 radical (unpaired) electrons. The first-order chi connectivity index (χ1) is 16.6. The van der Waals surface area contributed by atoms with Crippen LogP contribution in [0.4, 0.5) is 0 Å². The number of aromatic nitrogens is 3. The van der Waals surface area contributed by atoms with Gasteiger partial charge in [0.2, 0.25) is 0 Å². The van der Waals surface area contributed by atoms with Crippen LogP contribution in [0, 0.1) is 6.92 Å². The number of hydrogen-bond donors (Lipinski definition) is 1. The Morgan fingerprint density at radius 3 is 2.82 bits per heavy atom. The van der Waals surface area contributed by atoms with Crippen molar-refractivity contribution in [2.24, 2.45) is 4.99 Å². The van der Waals surface area contributed by atoms with Crippen LogP contribution in [0.3, 0.4) is 0 Å². The fourth-order valence-electron chi connectivity index (χ4n) is 5.35. The van der Waals surface area contributed by atoms with Crippen LogP contribution in [0.2, 0.25) is 5.02 Å². The van der Waals surface area contributed by atoms with Crippen molar-refractivity contribution in [3.8, 4) is 5.00 Å². The lowest BCUT2D eigenvalue weighted by atomic mass is 9.95. The van der Waals surface area contributed by atoms with E-state index in [1.807, 2.05) is 36.5 Å². The highest BCUT2D eigenvalue weighted by Gasteiger charge is 2.33. The molecule has 1 saturated carbocycles. The first kappa shape index (κ1) is 22.2. The van der Waals surface area contributed by atoms with Crippen LogP contribution in [0.15, 0.2) is 29.3 Å². The van der Waals surface area contributed by atoms with Crippen molar-refractivity contribution in [3.63, 3.8) is 0 Å². The van der Waals surface area contributed by atoms with Gasteiger partial charge in [-0.05, 0) is 50.0 Å². The lowest BCUT2D eigenvalue weighted by molar-refractivity contribution is 0.360. The Hall–Kier alpha value is -2.29. The summed E-state index contributed by atoms with van der Waals surface area (Å²) in [5.74, 6) is 1.75. The molecule has 1 aliphatic carbocycles. The average molecular weight is 511 g/mol. The minimum Gasteiger partial charge on any atom is -0.360 e. The minimum absolute atomic E-state index is 0.485. The molecule has 6 nitrogen and oxygen atoms in total. The summed E-state index contributed by atoms with van der Waals surface area (Å²) in [5, 5.41) is 15.2. The quantitative estimate of drug-likeness (QED) is 0.480. The Kier molecular flexibility index (Phi) is 5.91. The fourth-order valence-corrected chi connectivity index (χ4v) is 7.33. The normalized spacial score (nSPS) is 17.9. The van der Waals surface area contributed by atoms with E-state index in [9.17, 15) is 0 Å². The molecule has 6 rings (SSSR count). The smallest absolute Gasteiger partial charge is 0.169 e. The highest BCUT2D eigenvalue weighted by atomic mass is 35.5. The van der Waals surface area contributed by atoms with Crippen LogP contribution in [-0.4, -0.2) is 43.1 Å². The maximum absolute atomic E-state index is 6.66. The first-order valence-corrected chi connectivity index (χ1v) is 13.6. The maximum atomic E-state index is 6.66. The van der Waals surface area contributed by atoms with E-state index in [2.05, 4.69) is 31.0 Å². The van der Waals surface area contributed by atoms with Gasteiger partial charge in [0.25, 0.3) is 0 Å². The van der Waals surface area contributed by atoms with E-state index < -0.39 is 0 Å². The number of nitrogens with zero attached hydrogens (tertiary/aromatic N) is 5. The van der Waals surface area contributed by atoms with Crippen molar-refractivity contribution in [1.29, 1.82) is 0 Å². The average Bonchev–Trinajstić information content (AvgIpc) is 3.35. The molecule has 0 unspecified atom stereocenters. The highest BCUT2D eigenvalue weighted by Crippen LogP contribution is 2.40. The van der Waals surface area contributed by atoms with Crippen molar-refractivity contribution < 1.29 is 0 Å². The van der Waals surface area contributed by atoms with Crippen molar-refractivity contribution in [3.05, 3.63) is 62.5 Å². The number of thiophene rings is 1. The lowest BCUT2D eigenvalue weighted by Crippen LogP contribution is -2.46. The molecule has 34 heavy (non-hydrogen) atoms. The molecule has 9 heteroatoms.